The number of nitrogens with zero attached hydrogens (tertiary/aromatic N) is 4. The van der Waals surface area contributed by atoms with Gasteiger partial charge in [-0.2, -0.15) is 5.10 Å². The van der Waals surface area contributed by atoms with Crippen molar-refractivity contribution < 1.29 is 9.18 Å². The number of anilines is 1. The summed E-state index contributed by atoms with van der Waals surface area (Å²) < 4.78 is 14.5. The molecule has 1 amide bonds. The fourth-order valence-corrected chi connectivity index (χ4v) is 3.18. The molecule has 0 aliphatic rings. The smallest absolute Gasteiger partial charge is 0.279 e. The number of nitrogens with one attached hydrogen (secondary N) is 2. The number of aromatic nitrogens is 5. The van der Waals surface area contributed by atoms with Crippen LogP contribution in [0.15, 0.2) is 47.8 Å². The molecular formula is C17H13FN6OS. The van der Waals surface area contributed by atoms with Crippen LogP contribution in [-0.4, -0.2) is 31.1 Å². The first kappa shape index (κ1) is 16.2. The number of amides is 1. The third-order valence-corrected chi connectivity index (χ3v) is 4.69. The Morgan fingerprint density at radius 1 is 1.27 bits per heavy atom. The maximum Gasteiger partial charge on any atom is 0.279 e. The first-order valence-electron chi connectivity index (χ1n) is 7.71. The summed E-state index contributed by atoms with van der Waals surface area (Å²) in [7, 11) is 0. The zero-order chi connectivity index (χ0) is 18.1. The number of thiophene rings is 1. The number of aromatic amines is 1. The summed E-state index contributed by atoms with van der Waals surface area (Å²) in [5, 5.41) is 19.6. The molecule has 0 radical (unpaired) electrons. The summed E-state index contributed by atoms with van der Waals surface area (Å²) in [6.45, 7) is 1.72. The van der Waals surface area contributed by atoms with E-state index >= 15 is 0 Å². The van der Waals surface area contributed by atoms with Gasteiger partial charge in [0.1, 0.15) is 5.82 Å². The van der Waals surface area contributed by atoms with E-state index in [4.69, 9.17) is 0 Å². The highest BCUT2D eigenvalue weighted by Gasteiger charge is 2.18. The molecule has 130 valence electrons. The predicted molar refractivity (Wildman–Crippen MR) is 95.9 cm³/mol. The lowest BCUT2D eigenvalue weighted by Crippen LogP contribution is -2.14. The van der Waals surface area contributed by atoms with Crippen LogP contribution in [0, 0.1) is 12.7 Å². The van der Waals surface area contributed by atoms with E-state index in [0.717, 1.165) is 10.6 Å². The van der Waals surface area contributed by atoms with Crippen LogP contribution in [0.5, 0.6) is 0 Å². The molecule has 26 heavy (non-hydrogen) atoms. The molecule has 0 bridgehead atoms. The molecule has 4 rings (SSSR count). The second-order valence-electron chi connectivity index (χ2n) is 5.51. The summed E-state index contributed by atoms with van der Waals surface area (Å²) in [4.78, 5) is 13.5. The first-order valence-corrected chi connectivity index (χ1v) is 8.58. The second-order valence-corrected chi connectivity index (χ2v) is 6.46. The number of hydrogen-bond donors (Lipinski definition) is 2. The molecule has 3 aromatic heterocycles. The fourth-order valence-electron chi connectivity index (χ4n) is 2.49. The molecule has 2 N–H and O–H groups in total. The van der Waals surface area contributed by atoms with Gasteiger partial charge in [-0.25, -0.2) is 9.07 Å². The number of H-pyrrole nitrogens is 1. The average molecular weight is 368 g/mol. The molecule has 3 heterocycles. The van der Waals surface area contributed by atoms with Gasteiger partial charge in [-0.05, 0) is 42.6 Å². The minimum Gasteiger partial charge on any atom is -0.304 e. The highest BCUT2D eigenvalue weighted by molar-refractivity contribution is 7.13. The maximum absolute atomic E-state index is 13.1. The van der Waals surface area contributed by atoms with Gasteiger partial charge < -0.3 is 5.32 Å². The number of rotatable bonds is 4. The Bertz CT molecular complexity index is 1050. The largest absolute Gasteiger partial charge is 0.304 e. The van der Waals surface area contributed by atoms with E-state index in [1.54, 1.807) is 36.5 Å². The van der Waals surface area contributed by atoms with Crippen molar-refractivity contribution in [2.24, 2.45) is 0 Å². The molecule has 0 spiro atoms. The van der Waals surface area contributed by atoms with Crippen molar-refractivity contribution in [2.45, 2.75) is 6.92 Å². The maximum atomic E-state index is 13.1. The van der Waals surface area contributed by atoms with Crippen LogP contribution in [0.25, 0.3) is 16.3 Å². The molecule has 0 saturated carbocycles. The molecular weight excluding hydrogens is 355 g/mol. The third-order valence-electron chi connectivity index (χ3n) is 3.79. The van der Waals surface area contributed by atoms with Crippen LogP contribution in [-0.2, 0) is 0 Å². The molecule has 0 aliphatic heterocycles. The molecule has 1 aromatic carbocycles. The van der Waals surface area contributed by atoms with E-state index < -0.39 is 5.91 Å². The zero-order valence-electron chi connectivity index (χ0n) is 13.6. The van der Waals surface area contributed by atoms with Crippen molar-refractivity contribution in [1.82, 2.24) is 25.2 Å². The van der Waals surface area contributed by atoms with Crippen molar-refractivity contribution >= 4 is 23.1 Å². The van der Waals surface area contributed by atoms with Gasteiger partial charge in [0, 0.05) is 6.07 Å². The highest BCUT2D eigenvalue weighted by atomic mass is 32.1. The van der Waals surface area contributed by atoms with E-state index in [-0.39, 0.29) is 11.5 Å². The number of hydrogen-bond acceptors (Lipinski definition) is 5. The van der Waals surface area contributed by atoms with Gasteiger partial charge in [0.05, 0.1) is 22.0 Å². The van der Waals surface area contributed by atoms with Crippen LogP contribution in [0.4, 0.5) is 10.2 Å². The van der Waals surface area contributed by atoms with Crippen LogP contribution in [0.3, 0.4) is 0 Å². The minimum atomic E-state index is -0.417. The lowest BCUT2D eigenvalue weighted by molar-refractivity contribution is 0.102. The number of carbonyl (C=O) groups is 1. The topological polar surface area (TPSA) is 88.5 Å². The van der Waals surface area contributed by atoms with Gasteiger partial charge in [0.2, 0.25) is 0 Å². The third kappa shape index (κ3) is 3.00. The SMILES string of the molecule is Cc1c(C(=O)Nc2cc(-c3cccs3)[nH]n2)nnn1-c1ccc(F)cc1. The Hall–Kier alpha value is -3.33. The molecule has 0 saturated heterocycles. The van der Waals surface area contributed by atoms with Crippen molar-refractivity contribution in [2.75, 3.05) is 5.32 Å². The van der Waals surface area contributed by atoms with E-state index in [1.165, 1.54) is 16.8 Å². The van der Waals surface area contributed by atoms with Crippen LogP contribution in [0.2, 0.25) is 0 Å². The van der Waals surface area contributed by atoms with E-state index in [2.05, 4.69) is 25.8 Å². The van der Waals surface area contributed by atoms with Crippen molar-refractivity contribution in [1.29, 1.82) is 0 Å². The summed E-state index contributed by atoms with van der Waals surface area (Å²) in [5.74, 6) is -0.362. The fraction of sp³-hybridized carbons (Fsp3) is 0.0588. The Morgan fingerprint density at radius 3 is 2.81 bits per heavy atom. The lowest BCUT2D eigenvalue weighted by atomic mass is 10.2. The standard InChI is InChI=1S/C17H13FN6OS/c1-10-16(22-23-24(10)12-6-4-11(18)5-7-12)17(25)19-15-9-13(20-21-15)14-3-2-8-26-14/h2-9H,1H3,(H2,19,20,21,25). The van der Waals surface area contributed by atoms with E-state index in [9.17, 15) is 9.18 Å². The Labute approximate surface area is 151 Å². The van der Waals surface area contributed by atoms with Crippen molar-refractivity contribution in [3.8, 4) is 16.3 Å². The Kier molecular flexibility index (Phi) is 4.05. The lowest BCUT2D eigenvalue weighted by Gasteiger charge is -2.03. The average Bonchev–Trinajstić information content (AvgIpc) is 3.36. The van der Waals surface area contributed by atoms with Crippen molar-refractivity contribution in [3.05, 3.63) is 65.0 Å². The molecule has 0 fully saturated rings. The summed E-state index contributed by atoms with van der Waals surface area (Å²) >= 11 is 1.57. The first-order chi connectivity index (χ1) is 12.6. The molecule has 4 aromatic rings. The van der Waals surface area contributed by atoms with Crippen LogP contribution < -0.4 is 5.32 Å². The van der Waals surface area contributed by atoms with Gasteiger partial charge in [0.15, 0.2) is 11.5 Å². The van der Waals surface area contributed by atoms with Crippen molar-refractivity contribution in [3.63, 3.8) is 0 Å². The normalized spacial score (nSPS) is 10.8. The van der Waals surface area contributed by atoms with E-state index in [1.807, 2.05) is 17.5 Å². The molecule has 0 atom stereocenters. The van der Waals surface area contributed by atoms with Gasteiger partial charge >= 0.3 is 0 Å². The van der Waals surface area contributed by atoms with E-state index in [0.29, 0.717) is 17.2 Å². The molecule has 0 unspecified atom stereocenters. The molecule has 0 aliphatic carbocycles. The monoisotopic (exact) mass is 368 g/mol. The Balaban J connectivity index is 1.55. The molecule has 9 heteroatoms. The molecule has 7 nitrogen and oxygen atoms in total. The Morgan fingerprint density at radius 2 is 2.08 bits per heavy atom. The highest BCUT2D eigenvalue weighted by Crippen LogP contribution is 2.24. The number of halogens is 1. The summed E-state index contributed by atoms with van der Waals surface area (Å²) in [6, 6.07) is 11.4. The van der Waals surface area contributed by atoms with Crippen LogP contribution in [0.1, 0.15) is 16.2 Å². The quantitative estimate of drug-likeness (QED) is 0.578. The zero-order valence-corrected chi connectivity index (χ0v) is 14.4. The summed E-state index contributed by atoms with van der Waals surface area (Å²) in [6.07, 6.45) is 0. The van der Waals surface area contributed by atoms with Gasteiger partial charge in [-0.15, -0.1) is 16.4 Å². The number of carbonyl (C=O) groups excluding carboxylic acids is 1. The summed E-state index contributed by atoms with van der Waals surface area (Å²) in [5.41, 5.74) is 2.16. The minimum absolute atomic E-state index is 0.176. The second kappa shape index (κ2) is 6.52. The van der Waals surface area contributed by atoms with Gasteiger partial charge in [0.25, 0.3) is 5.91 Å². The van der Waals surface area contributed by atoms with Crippen LogP contribution >= 0.6 is 11.3 Å². The van der Waals surface area contributed by atoms with Gasteiger partial charge in [-0.1, -0.05) is 11.3 Å². The van der Waals surface area contributed by atoms with Gasteiger partial charge in [-0.3, -0.25) is 9.89 Å². The predicted octanol–water partition coefficient (Wildman–Crippen LogP) is 3.42. The number of benzene rings is 1.